The van der Waals surface area contributed by atoms with Gasteiger partial charge in [-0.05, 0) is 25.7 Å². The summed E-state index contributed by atoms with van der Waals surface area (Å²) >= 11 is 1.56. The van der Waals surface area contributed by atoms with Crippen LogP contribution in [0.25, 0.3) is 0 Å². The number of aromatic nitrogens is 1. The predicted octanol–water partition coefficient (Wildman–Crippen LogP) is 2.76. The molecule has 0 aliphatic heterocycles. The number of nitrogens with zero attached hydrogens (tertiary/aromatic N) is 1. The molecule has 2 saturated carbocycles. The van der Waals surface area contributed by atoms with Crippen LogP contribution in [0.15, 0.2) is 5.38 Å². The fourth-order valence-corrected chi connectivity index (χ4v) is 2.58. The number of anilines is 1. The third-order valence-electron chi connectivity index (χ3n) is 3.22. The molecule has 1 amide bonds. The Morgan fingerprint density at radius 2 is 2.20 bits per heavy atom. The lowest BCUT2D eigenvalue weighted by molar-refractivity contribution is -0.122. The second-order valence-electron chi connectivity index (χ2n) is 4.47. The molecule has 0 spiro atoms. The zero-order valence-corrected chi connectivity index (χ0v) is 9.35. The van der Waals surface area contributed by atoms with Gasteiger partial charge in [0.15, 0.2) is 5.13 Å². The monoisotopic (exact) mass is 222 g/mol. The van der Waals surface area contributed by atoms with Gasteiger partial charge in [0.25, 0.3) is 0 Å². The third kappa shape index (κ3) is 1.91. The van der Waals surface area contributed by atoms with Crippen LogP contribution in [0.5, 0.6) is 0 Å². The van der Waals surface area contributed by atoms with E-state index in [4.69, 9.17) is 0 Å². The Balaban J connectivity index is 1.62. The summed E-state index contributed by atoms with van der Waals surface area (Å²) in [7, 11) is 0. The van der Waals surface area contributed by atoms with Crippen molar-refractivity contribution in [2.45, 2.75) is 38.0 Å². The molecule has 0 saturated heterocycles. The Morgan fingerprint density at radius 1 is 1.40 bits per heavy atom. The molecule has 0 unspecified atom stereocenters. The highest BCUT2D eigenvalue weighted by atomic mass is 32.1. The van der Waals surface area contributed by atoms with E-state index in [9.17, 15) is 4.79 Å². The normalized spacial score (nSPS) is 21.1. The van der Waals surface area contributed by atoms with E-state index in [0.717, 1.165) is 18.0 Å². The van der Waals surface area contributed by atoms with Crippen molar-refractivity contribution in [3.63, 3.8) is 0 Å². The van der Waals surface area contributed by atoms with Gasteiger partial charge in [0.05, 0.1) is 5.69 Å². The number of thiazole rings is 1. The van der Waals surface area contributed by atoms with Crippen LogP contribution in [0.3, 0.4) is 0 Å². The lowest BCUT2D eigenvalue weighted by atomic mass is 9.85. The number of amides is 1. The van der Waals surface area contributed by atoms with E-state index in [2.05, 4.69) is 15.7 Å². The molecule has 2 aliphatic rings. The number of nitrogens with one attached hydrogen (secondary N) is 1. The van der Waals surface area contributed by atoms with E-state index in [1.807, 2.05) is 0 Å². The molecule has 15 heavy (non-hydrogen) atoms. The highest BCUT2D eigenvalue weighted by molar-refractivity contribution is 7.13. The van der Waals surface area contributed by atoms with Crippen LogP contribution in [0, 0.1) is 5.92 Å². The van der Waals surface area contributed by atoms with Crippen LogP contribution in [-0.4, -0.2) is 10.9 Å². The van der Waals surface area contributed by atoms with Gasteiger partial charge in [-0.15, -0.1) is 11.3 Å². The summed E-state index contributed by atoms with van der Waals surface area (Å²) in [4.78, 5) is 16.1. The minimum Gasteiger partial charge on any atom is -0.302 e. The molecule has 1 N–H and O–H groups in total. The molecule has 80 valence electrons. The Labute approximate surface area is 92.9 Å². The molecule has 0 aromatic carbocycles. The predicted molar refractivity (Wildman–Crippen MR) is 60.1 cm³/mol. The minimum absolute atomic E-state index is 0.165. The average molecular weight is 222 g/mol. The summed E-state index contributed by atoms with van der Waals surface area (Å²) in [5.41, 5.74) is 1.17. The SMILES string of the molecule is O=C(Nc1nc(C2CC2)cs1)C1CCC1. The molecule has 3 nitrogen and oxygen atoms in total. The molecule has 1 heterocycles. The third-order valence-corrected chi connectivity index (χ3v) is 4.00. The molecule has 0 bridgehead atoms. The Kier molecular flexibility index (Phi) is 2.24. The largest absolute Gasteiger partial charge is 0.302 e. The first-order valence-electron chi connectivity index (χ1n) is 5.59. The molecule has 4 heteroatoms. The molecule has 2 aliphatic carbocycles. The summed E-state index contributed by atoms with van der Waals surface area (Å²) in [6.07, 6.45) is 5.82. The quantitative estimate of drug-likeness (QED) is 0.854. The van der Waals surface area contributed by atoms with Crippen LogP contribution in [0.1, 0.15) is 43.7 Å². The van der Waals surface area contributed by atoms with Crippen molar-refractivity contribution in [2.75, 3.05) is 5.32 Å². The van der Waals surface area contributed by atoms with E-state index >= 15 is 0 Å². The molecule has 2 fully saturated rings. The Morgan fingerprint density at radius 3 is 2.80 bits per heavy atom. The summed E-state index contributed by atoms with van der Waals surface area (Å²) in [5.74, 6) is 1.09. The van der Waals surface area contributed by atoms with Crippen LogP contribution < -0.4 is 5.32 Å². The fraction of sp³-hybridized carbons (Fsp3) is 0.636. The Bertz CT molecular complexity index is 380. The van der Waals surface area contributed by atoms with E-state index in [0.29, 0.717) is 5.92 Å². The lowest BCUT2D eigenvalue weighted by Gasteiger charge is -2.23. The molecular formula is C11H14N2OS. The number of carbonyl (C=O) groups is 1. The first-order valence-corrected chi connectivity index (χ1v) is 6.47. The maximum atomic E-state index is 11.6. The van der Waals surface area contributed by atoms with E-state index in [1.54, 1.807) is 11.3 Å². The second-order valence-corrected chi connectivity index (χ2v) is 5.33. The summed E-state index contributed by atoms with van der Waals surface area (Å²) in [6, 6.07) is 0. The van der Waals surface area contributed by atoms with Crippen molar-refractivity contribution in [1.29, 1.82) is 0 Å². The zero-order valence-electron chi connectivity index (χ0n) is 8.53. The first kappa shape index (κ1) is 9.33. The van der Waals surface area contributed by atoms with Crippen molar-refractivity contribution >= 4 is 22.4 Å². The van der Waals surface area contributed by atoms with E-state index in [-0.39, 0.29) is 11.8 Å². The topological polar surface area (TPSA) is 42.0 Å². The maximum Gasteiger partial charge on any atom is 0.229 e. The van der Waals surface area contributed by atoms with Gasteiger partial charge in [0, 0.05) is 17.2 Å². The van der Waals surface area contributed by atoms with Gasteiger partial charge in [-0.2, -0.15) is 0 Å². The van der Waals surface area contributed by atoms with Crippen molar-refractivity contribution in [3.8, 4) is 0 Å². The fourth-order valence-electron chi connectivity index (χ4n) is 1.79. The highest BCUT2D eigenvalue weighted by Gasteiger charge is 2.28. The van der Waals surface area contributed by atoms with Crippen LogP contribution in [0.2, 0.25) is 0 Å². The van der Waals surface area contributed by atoms with Crippen molar-refractivity contribution in [1.82, 2.24) is 4.98 Å². The molecular weight excluding hydrogens is 208 g/mol. The maximum absolute atomic E-state index is 11.6. The number of hydrogen-bond acceptors (Lipinski definition) is 3. The first-order chi connectivity index (χ1) is 7.33. The summed E-state index contributed by atoms with van der Waals surface area (Å²) in [5, 5.41) is 5.78. The van der Waals surface area contributed by atoms with Gasteiger partial charge in [0.1, 0.15) is 0 Å². The summed E-state index contributed by atoms with van der Waals surface area (Å²) in [6.45, 7) is 0. The molecule has 0 atom stereocenters. The standard InChI is InChI=1S/C11H14N2OS/c14-10(8-2-1-3-8)13-11-12-9(6-15-11)7-4-5-7/h6-8H,1-5H2,(H,12,13,14). The van der Waals surface area contributed by atoms with Gasteiger partial charge < -0.3 is 5.32 Å². The molecule has 0 radical (unpaired) electrons. The molecule has 3 rings (SSSR count). The van der Waals surface area contributed by atoms with Gasteiger partial charge in [-0.3, -0.25) is 4.79 Å². The van der Waals surface area contributed by atoms with Gasteiger partial charge in [-0.1, -0.05) is 6.42 Å². The van der Waals surface area contributed by atoms with Crippen molar-refractivity contribution in [3.05, 3.63) is 11.1 Å². The number of hydrogen-bond donors (Lipinski definition) is 1. The molecule has 1 aromatic heterocycles. The smallest absolute Gasteiger partial charge is 0.229 e. The number of rotatable bonds is 3. The van der Waals surface area contributed by atoms with Crippen LogP contribution >= 0.6 is 11.3 Å². The van der Waals surface area contributed by atoms with E-state index < -0.39 is 0 Å². The Hall–Kier alpha value is -0.900. The zero-order chi connectivity index (χ0) is 10.3. The van der Waals surface area contributed by atoms with Crippen LogP contribution in [0.4, 0.5) is 5.13 Å². The minimum atomic E-state index is 0.165. The highest BCUT2D eigenvalue weighted by Crippen LogP contribution is 2.41. The van der Waals surface area contributed by atoms with Crippen molar-refractivity contribution < 1.29 is 4.79 Å². The van der Waals surface area contributed by atoms with E-state index in [1.165, 1.54) is 25.0 Å². The van der Waals surface area contributed by atoms with Gasteiger partial charge in [0.2, 0.25) is 5.91 Å². The average Bonchev–Trinajstić information content (AvgIpc) is 2.86. The molecule has 1 aromatic rings. The van der Waals surface area contributed by atoms with Gasteiger partial charge in [-0.25, -0.2) is 4.98 Å². The van der Waals surface area contributed by atoms with Crippen molar-refractivity contribution in [2.24, 2.45) is 5.92 Å². The lowest BCUT2D eigenvalue weighted by Crippen LogP contribution is -2.27. The van der Waals surface area contributed by atoms with Crippen LogP contribution in [-0.2, 0) is 4.79 Å². The number of carbonyl (C=O) groups excluding carboxylic acids is 1. The van der Waals surface area contributed by atoms with Gasteiger partial charge >= 0.3 is 0 Å². The summed E-state index contributed by atoms with van der Waals surface area (Å²) < 4.78 is 0. The second kappa shape index (κ2) is 3.59.